The van der Waals surface area contributed by atoms with Crippen LogP contribution in [0.4, 0.5) is 0 Å². The Hall–Kier alpha value is -1.11. The molecule has 0 amide bonds. The lowest BCUT2D eigenvalue weighted by molar-refractivity contribution is -0.158. The third-order valence-corrected chi connectivity index (χ3v) is 2.91. The van der Waals surface area contributed by atoms with Gasteiger partial charge in [-0.1, -0.05) is 0 Å². The molecule has 0 spiro atoms. The van der Waals surface area contributed by atoms with Crippen LogP contribution in [0.5, 0.6) is 0 Å². The van der Waals surface area contributed by atoms with Gasteiger partial charge in [0.05, 0.1) is 6.61 Å². The van der Waals surface area contributed by atoms with Gasteiger partial charge in [-0.05, 0) is 19.8 Å². The fourth-order valence-electron chi connectivity index (χ4n) is 1.13. The van der Waals surface area contributed by atoms with Crippen molar-refractivity contribution in [2.75, 3.05) is 18.6 Å². The highest BCUT2D eigenvalue weighted by atomic mass is 32.2. The van der Waals surface area contributed by atoms with Crippen LogP contribution in [0.15, 0.2) is 0 Å². The predicted molar refractivity (Wildman–Crippen MR) is 56.7 cm³/mol. The lowest BCUT2D eigenvalue weighted by atomic mass is 10.0. The molecular formula is C9H16O6S. The monoisotopic (exact) mass is 252 g/mol. The molecular weight excluding hydrogens is 236 g/mol. The summed E-state index contributed by atoms with van der Waals surface area (Å²) in [6.45, 7) is 1.68. The van der Waals surface area contributed by atoms with E-state index in [9.17, 15) is 18.0 Å². The standard InChI is InChI=1S/C9H16O6S/c1-3-15-9(12)7(8(10)11)5-4-6-16(2,13)14/h7H,3-6H2,1-2H3,(H,10,11). The summed E-state index contributed by atoms with van der Waals surface area (Å²) >= 11 is 0. The first-order valence-electron chi connectivity index (χ1n) is 4.85. The molecule has 1 unspecified atom stereocenters. The lowest BCUT2D eigenvalue weighted by Crippen LogP contribution is -2.26. The van der Waals surface area contributed by atoms with Crippen LogP contribution in [0, 0.1) is 5.92 Å². The first-order chi connectivity index (χ1) is 7.28. The van der Waals surface area contributed by atoms with E-state index in [1.54, 1.807) is 6.92 Å². The maximum atomic E-state index is 11.2. The minimum absolute atomic E-state index is 0.0266. The summed E-state index contributed by atoms with van der Waals surface area (Å²) in [5.41, 5.74) is 0. The van der Waals surface area contributed by atoms with Gasteiger partial charge in [0.15, 0.2) is 5.92 Å². The molecule has 0 saturated heterocycles. The van der Waals surface area contributed by atoms with Crippen LogP contribution in [0.3, 0.4) is 0 Å². The van der Waals surface area contributed by atoms with E-state index in [4.69, 9.17) is 5.11 Å². The van der Waals surface area contributed by atoms with E-state index in [-0.39, 0.29) is 25.2 Å². The van der Waals surface area contributed by atoms with Crippen molar-refractivity contribution < 1.29 is 27.9 Å². The lowest BCUT2D eigenvalue weighted by Gasteiger charge is -2.10. The van der Waals surface area contributed by atoms with Crippen LogP contribution in [-0.2, 0) is 24.2 Å². The normalized spacial score (nSPS) is 13.1. The molecule has 0 aromatic carbocycles. The van der Waals surface area contributed by atoms with E-state index in [0.29, 0.717) is 0 Å². The number of carbonyl (C=O) groups is 2. The van der Waals surface area contributed by atoms with E-state index >= 15 is 0 Å². The van der Waals surface area contributed by atoms with Crippen molar-refractivity contribution in [1.82, 2.24) is 0 Å². The summed E-state index contributed by atoms with van der Waals surface area (Å²) in [5, 5.41) is 8.75. The summed E-state index contributed by atoms with van der Waals surface area (Å²) in [5.74, 6) is -3.51. The smallest absolute Gasteiger partial charge is 0.320 e. The predicted octanol–water partition coefficient (Wildman–Crippen LogP) is 0.0751. The zero-order valence-corrected chi connectivity index (χ0v) is 10.1. The van der Waals surface area contributed by atoms with Crippen LogP contribution in [0.2, 0.25) is 0 Å². The zero-order valence-electron chi connectivity index (χ0n) is 9.30. The number of carboxylic acid groups (broad SMARTS) is 1. The van der Waals surface area contributed by atoms with E-state index in [1.165, 1.54) is 0 Å². The number of sulfone groups is 1. The molecule has 0 aromatic rings. The molecule has 16 heavy (non-hydrogen) atoms. The van der Waals surface area contributed by atoms with Gasteiger partial charge in [-0.25, -0.2) is 8.42 Å². The van der Waals surface area contributed by atoms with Crippen molar-refractivity contribution in [3.63, 3.8) is 0 Å². The Morgan fingerprint density at radius 1 is 1.38 bits per heavy atom. The number of hydrogen-bond donors (Lipinski definition) is 1. The highest BCUT2D eigenvalue weighted by molar-refractivity contribution is 7.90. The summed E-state index contributed by atoms with van der Waals surface area (Å²) in [7, 11) is -3.13. The van der Waals surface area contributed by atoms with Crippen molar-refractivity contribution in [1.29, 1.82) is 0 Å². The number of aliphatic carboxylic acids is 1. The quantitative estimate of drug-likeness (QED) is 0.509. The van der Waals surface area contributed by atoms with Crippen molar-refractivity contribution in [2.24, 2.45) is 5.92 Å². The van der Waals surface area contributed by atoms with Gasteiger partial charge in [0.25, 0.3) is 0 Å². The van der Waals surface area contributed by atoms with Gasteiger partial charge < -0.3 is 9.84 Å². The maximum Gasteiger partial charge on any atom is 0.320 e. The Kier molecular flexibility index (Phi) is 6.02. The summed E-state index contributed by atoms with van der Waals surface area (Å²) in [6.07, 6.45) is 1.17. The van der Waals surface area contributed by atoms with Crippen LogP contribution in [0.25, 0.3) is 0 Å². The average molecular weight is 252 g/mol. The Morgan fingerprint density at radius 2 is 1.94 bits per heavy atom. The summed E-state index contributed by atoms with van der Waals surface area (Å²) in [4.78, 5) is 21.9. The van der Waals surface area contributed by atoms with Crippen molar-refractivity contribution >= 4 is 21.8 Å². The molecule has 0 rings (SSSR count). The number of rotatable bonds is 7. The molecule has 0 aliphatic carbocycles. The van der Waals surface area contributed by atoms with Gasteiger partial charge in [-0.3, -0.25) is 9.59 Å². The van der Waals surface area contributed by atoms with Gasteiger partial charge in [0.1, 0.15) is 9.84 Å². The number of carbonyl (C=O) groups excluding carboxylic acids is 1. The second-order valence-corrected chi connectivity index (χ2v) is 5.67. The SMILES string of the molecule is CCOC(=O)C(CCCS(C)(=O)=O)C(=O)O. The minimum Gasteiger partial charge on any atom is -0.481 e. The maximum absolute atomic E-state index is 11.2. The molecule has 1 N–H and O–H groups in total. The topological polar surface area (TPSA) is 97.7 Å². The molecule has 6 nitrogen and oxygen atoms in total. The van der Waals surface area contributed by atoms with Gasteiger partial charge in [-0.2, -0.15) is 0 Å². The number of hydrogen-bond acceptors (Lipinski definition) is 5. The second kappa shape index (κ2) is 6.47. The number of carboxylic acids is 1. The molecule has 0 fully saturated rings. The molecule has 0 aliphatic rings. The molecule has 94 valence electrons. The second-order valence-electron chi connectivity index (χ2n) is 3.41. The van der Waals surface area contributed by atoms with Crippen molar-refractivity contribution in [3.05, 3.63) is 0 Å². The first-order valence-corrected chi connectivity index (χ1v) is 6.91. The van der Waals surface area contributed by atoms with E-state index in [0.717, 1.165) is 6.26 Å². The average Bonchev–Trinajstić information content (AvgIpc) is 2.10. The Bertz CT molecular complexity index is 345. The Labute approximate surface area is 94.5 Å². The van der Waals surface area contributed by atoms with Crippen LogP contribution in [-0.4, -0.2) is 44.1 Å². The van der Waals surface area contributed by atoms with Crippen LogP contribution < -0.4 is 0 Å². The fourth-order valence-corrected chi connectivity index (χ4v) is 1.83. The molecule has 0 saturated carbocycles. The summed E-state index contributed by atoms with van der Waals surface area (Å²) in [6, 6.07) is 0. The highest BCUT2D eigenvalue weighted by Gasteiger charge is 2.27. The Morgan fingerprint density at radius 3 is 2.31 bits per heavy atom. The van der Waals surface area contributed by atoms with E-state index in [2.05, 4.69) is 4.74 Å². The third-order valence-electron chi connectivity index (χ3n) is 1.88. The molecule has 0 bridgehead atoms. The van der Waals surface area contributed by atoms with Crippen LogP contribution in [0.1, 0.15) is 19.8 Å². The van der Waals surface area contributed by atoms with Crippen LogP contribution >= 0.6 is 0 Å². The van der Waals surface area contributed by atoms with Gasteiger partial charge >= 0.3 is 11.9 Å². The molecule has 7 heteroatoms. The fraction of sp³-hybridized carbons (Fsp3) is 0.778. The van der Waals surface area contributed by atoms with Gasteiger partial charge in [0.2, 0.25) is 0 Å². The van der Waals surface area contributed by atoms with Crippen molar-refractivity contribution in [3.8, 4) is 0 Å². The summed E-state index contributed by atoms with van der Waals surface area (Å²) < 4.78 is 26.2. The zero-order chi connectivity index (χ0) is 12.8. The number of esters is 1. The molecule has 0 radical (unpaired) electrons. The van der Waals surface area contributed by atoms with E-state index < -0.39 is 27.7 Å². The first kappa shape index (κ1) is 14.9. The van der Waals surface area contributed by atoms with Gasteiger partial charge in [0, 0.05) is 12.0 Å². The van der Waals surface area contributed by atoms with E-state index in [1.807, 2.05) is 0 Å². The molecule has 0 aliphatic heterocycles. The van der Waals surface area contributed by atoms with Crippen molar-refractivity contribution in [2.45, 2.75) is 19.8 Å². The van der Waals surface area contributed by atoms with Gasteiger partial charge in [-0.15, -0.1) is 0 Å². The molecule has 0 aromatic heterocycles. The minimum atomic E-state index is -3.13. The number of ether oxygens (including phenoxy) is 1. The Balaban J connectivity index is 4.26. The largest absolute Gasteiger partial charge is 0.481 e. The molecule has 0 heterocycles. The molecule has 1 atom stereocenters. The highest BCUT2D eigenvalue weighted by Crippen LogP contribution is 2.10. The third kappa shape index (κ3) is 6.39.